The number of nitrogens with zero attached hydrogens (tertiary/aromatic N) is 1. The fourth-order valence-corrected chi connectivity index (χ4v) is 2.25. The third-order valence-electron chi connectivity index (χ3n) is 2.80. The Morgan fingerprint density at radius 2 is 2.06 bits per heavy atom. The molecule has 1 aliphatic heterocycles. The van der Waals surface area contributed by atoms with E-state index in [2.05, 4.69) is 21.2 Å². The zero-order valence-electron chi connectivity index (χ0n) is 10.1. The molecule has 1 amide bonds. The molecule has 6 heteroatoms. The Labute approximate surface area is 121 Å². The number of rotatable bonds is 2. The number of amides is 1. The predicted molar refractivity (Wildman–Crippen MR) is 76.7 cm³/mol. The summed E-state index contributed by atoms with van der Waals surface area (Å²) in [7, 11) is 1.60. The average Bonchev–Trinajstić information content (AvgIpc) is 2.39. The van der Waals surface area contributed by atoms with Gasteiger partial charge in [0.15, 0.2) is 0 Å². The van der Waals surface area contributed by atoms with E-state index >= 15 is 0 Å². The minimum absolute atomic E-state index is 0. The second kappa shape index (κ2) is 6.97. The first-order valence-corrected chi connectivity index (χ1v) is 6.35. The van der Waals surface area contributed by atoms with Crippen LogP contribution in [0.5, 0.6) is 5.75 Å². The van der Waals surface area contributed by atoms with Crippen molar-refractivity contribution in [1.29, 1.82) is 0 Å². The maximum atomic E-state index is 12.2. The Kier molecular flexibility index (Phi) is 5.91. The van der Waals surface area contributed by atoms with E-state index in [4.69, 9.17) is 4.74 Å². The number of benzene rings is 1. The number of nitrogens with one attached hydrogen (secondary N) is 1. The molecule has 1 aromatic rings. The largest absolute Gasteiger partial charge is 0.496 e. The quantitative estimate of drug-likeness (QED) is 0.898. The monoisotopic (exact) mass is 334 g/mol. The molecular weight excluding hydrogens is 320 g/mol. The van der Waals surface area contributed by atoms with Gasteiger partial charge in [-0.1, -0.05) is 0 Å². The maximum absolute atomic E-state index is 12.2. The molecule has 100 valence electrons. The van der Waals surface area contributed by atoms with Gasteiger partial charge in [-0.25, -0.2) is 0 Å². The van der Waals surface area contributed by atoms with E-state index < -0.39 is 0 Å². The molecule has 0 spiro atoms. The van der Waals surface area contributed by atoms with Crippen molar-refractivity contribution in [2.45, 2.75) is 0 Å². The van der Waals surface area contributed by atoms with Crippen LogP contribution in [0.4, 0.5) is 0 Å². The number of halogens is 2. The van der Waals surface area contributed by atoms with E-state index in [0.717, 1.165) is 30.7 Å². The average molecular weight is 336 g/mol. The van der Waals surface area contributed by atoms with E-state index in [1.54, 1.807) is 13.2 Å². The Morgan fingerprint density at radius 3 is 2.67 bits per heavy atom. The third kappa shape index (κ3) is 3.37. The van der Waals surface area contributed by atoms with E-state index in [1.165, 1.54) is 0 Å². The smallest absolute Gasteiger partial charge is 0.254 e. The predicted octanol–water partition coefficient (Wildman–Crippen LogP) is 1.92. The first-order chi connectivity index (χ1) is 8.22. The zero-order valence-corrected chi connectivity index (χ0v) is 12.5. The summed E-state index contributed by atoms with van der Waals surface area (Å²) >= 11 is 3.38. The molecule has 1 fully saturated rings. The van der Waals surface area contributed by atoms with Crippen LogP contribution < -0.4 is 10.1 Å². The number of carbonyl (C=O) groups is 1. The highest BCUT2D eigenvalue weighted by atomic mass is 79.9. The van der Waals surface area contributed by atoms with Crippen molar-refractivity contribution >= 4 is 34.2 Å². The summed E-state index contributed by atoms with van der Waals surface area (Å²) in [6.45, 7) is 3.24. The van der Waals surface area contributed by atoms with Gasteiger partial charge in [-0.3, -0.25) is 4.79 Å². The molecule has 1 aromatic carbocycles. The van der Waals surface area contributed by atoms with Crippen molar-refractivity contribution < 1.29 is 9.53 Å². The molecule has 0 atom stereocenters. The van der Waals surface area contributed by atoms with Crippen molar-refractivity contribution in [1.82, 2.24) is 10.2 Å². The number of carbonyl (C=O) groups excluding carboxylic acids is 1. The van der Waals surface area contributed by atoms with Crippen LogP contribution in [0.3, 0.4) is 0 Å². The fraction of sp³-hybridized carbons (Fsp3) is 0.417. The standard InChI is InChI=1S/C12H15BrN2O2.ClH/c1-17-11-8-9(2-3-10(11)13)12(16)15-6-4-14-5-7-15;/h2-3,8,14H,4-7H2,1H3;1H. The first kappa shape index (κ1) is 15.3. The minimum atomic E-state index is 0. The lowest BCUT2D eigenvalue weighted by atomic mass is 10.1. The van der Waals surface area contributed by atoms with E-state index in [9.17, 15) is 4.79 Å². The van der Waals surface area contributed by atoms with Crippen LogP contribution in [0, 0.1) is 0 Å². The summed E-state index contributed by atoms with van der Waals surface area (Å²) < 4.78 is 6.05. The van der Waals surface area contributed by atoms with E-state index in [0.29, 0.717) is 11.3 Å². The molecule has 1 N–H and O–H groups in total. The molecule has 0 aliphatic carbocycles. The second-order valence-corrected chi connectivity index (χ2v) is 4.75. The van der Waals surface area contributed by atoms with Crippen LogP contribution >= 0.6 is 28.3 Å². The molecule has 18 heavy (non-hydrogen) atoms. The molecule has 4 nitrogen and oxygen atoms in total. The summed E-state index contributed by atoms with van der Waals surface area (Å²) in [5.74, 6) is 0.753. The van der Waals surface area contributed by atoms with Crippen molar-refractivity contribution in [3.63, 3.8) is 0 Å². The lowest BCUT2D eigenvalue weighted by Crippen LogP contribution is -2.46. The van der Waals surface area contributed by atoms with Crippen molar-refractivity contribution in [3.05, 3.63) is 28.2 Å². The van der Waals surface area contributed by atoms with Gasteiger partial charge in [0, 0.05) is 31.7 Å². The van der Waals surface area contributed by atoms with Crippen molar-refractivity contribution in [2.24, 2.45) is 0 Å². The summed E-state index contributed by atoms with van der Waals surface area (Å²) in [5, 5.41) is 3.23. The molecule has 0 saturated carbocycles. The molecule has 0 radical (unpaired) electrons. The molecule has 1 aliphatic rings. The van der Waals surface area contributed by atoms with Gasteiger partial charge in [0.25, 0.3) is 5.91 Å². The minimum Gasteiger partial charge on any atom is -0.496 e. The molecule has 0 bridgehead atoms. The molecule has 2 rings (SSSR count). The summed E-state index contributed by atoms with van der Waals surface area (Å²) in [6.07, 6.45) is 0. The normalized spacial score (nSPS) is 14.9. The topological polar surface area (TPSA) is 41.6 Å². The summed E-state index contributed by atoms with van der Waals surface area (Å²) in [4.78, 5) is 14.1. The molecule has 1 saturated heterocycles. The van der Waals surface area contributed by atoms with Crippen LogP contribution in [-0.4, -0.2) is 44.1 Å². The number of ether oxygens (including phenoxy) is 1. The Hall–Kier alpha value is -0.780. The lowest BCUT2D eigenvalue weighted by molar-refractivity contribution is 0.0735. The van der Waals surface area contributed by atoms with E-state index in [-0.39, 0.29) is 18.3 Å². The zero-order chi connectivity index (χ0) is 12.3. The van der Waals surface area contributed by atoms with Gasteiger partial charge in [0.2, 0.25) is 0 Å². The van der Waals surface area contributed by atoms with Gasteiger partial charge in [0.05, 0.1) is 11.6 Å². The van der Waals surface area contributed by atoms with Gasteiger partial charge in [0.1, 0.15) is 5.75 Å². The maximum Gasteiger partial charge on any atom is 0.254 e. The lowest BCUT2D eigenvalue weighted by Gasteiger charge is -2.27. The van der Waals surface area contributed by atoms with Gasteiger partial charge >= 0.3 is 0 Å². The number of piperazine rings is 1. The Morgan fingerprint density at radius 1 is 1.39 bits per heavy atom. The van der Waals surface area contributed by atoms with Crippen molar-refractivity contribution in [3.8, 4) is 5.75 Å². The second-order valence-electron chi connectivity index (χ2n) is 3.89. The molecule has 1 heterocycles. The Balaban J connectivity index is 0.00000162. The first-order valence-electron chi connectivity index (χ1n) is 5.56. The van der Waals surface area contributed by atoms with Crippen LogP contribution in [0.2, 0.25) is 0 Å². The van der Waals surface area contributed by atoms with E-state index in [1.807, 2.05) is 17.0 Å². The number of methoxy groups -OCH3 is 1. The van der Waals surface area contributed by atoms with Gasteiger partial charge in [-0.05, 0) is 34.1 Å². The summed E-state index contributed by atoms with van der Waals surface area (Å²) in [5.41, 5.74) is 0.673. The van der Waals surface area contributed by atoms with Gasteiger partial charge in [-0.2, -0.15) is 0 Å². The molecule has 0 aromatic heterocycles. The van der Waals surface area contributed by atoms with Crippen LogP contribution in [-0.2, 0) is 0 Å². The SMILES string of the molecule is COc1cc(C(=O)N2CCNCC2)ccc1Br.Cl. The number of hydrogen-bond donors (Lipinski definition) is 1. The highest BCUT2D eigenvalue weighted by molar-refractivity contribution is 9.10. The molecular formula is C12H16BrClN2O2. The van der Waals surface area contributed by atoms with Crippen LogP contribution in [0.15, 0.2) is 22.7 Å². The van der Waals surface area contributed by atoms with Crippen molar-refractivity contribution in [2.75, 3.05) is 33.3 Å². The van der Waals surface area contributed by atoms with Crippen LogP contribution in [0.25, 0.3) is 0 Å². The number of hydrogen-bond acceptors (Lipinski definition) is 3. The highest BCUT2D eigenvalue weighted by Gasteiger charge is 2.18. The van der Waals surface area contributed by atoms with Gasteiger partial charge < -0.3 is 15.0 Å². The third-order valence-corrected chi connectivity index (χ3v) is 3.46. The molecule has 0 unspecified atom stereocenters. The van der Waals surface area contributed by atoms with Gasteiger partial charge in [-0.15, -0.1) is 12.4 Å². The Bertz CT molecular complexity index is 423. The van der Waals surface area contributed by atoms with Crippen LogP contribution in [0.1, 0.15) is 10.4 Å². The fourth-order valence-electron chi connectivity index (χ4n) is 1.84. The highest BCUT2D eigenvalue weighted by Crippen LogP contribution is 2.26. The summed E-state index contributed by atoms with van der Waals surface area (Å²) in [6, 6.07) is 5.43.